The molecule has 0 saturated carbocycles. The van der Waals surface area contributed by atoms with Crippen molar-refractivity contribution in [1.29, 1.82) is 0 Å². The molecule has 0 radical (unpaired) electrons. The summed E-state index contributed by atoms with van der Waals surface area (Å²) in [6.45, 7) is 2.43. The number of hydrogen-bond acceptors (Lipinski definition) is 4. The van der Waals surface area contributed by atoms with Gasteiger partial charge in [-0.2, -0.15) is 5.10 Å². The minimum Gasteiger partial charge on any atom is -0.494 e. The Labute approximate surface area is 133 Å². The second-order valence-corrected chi connectivity index (χ2v) is 4.55. The van der Waals surface area contributed by atoms with Gasteiger partial charge in [-0.3, -0.25) is 4.79 Å². The Balaban J connectivity index is 2.02. The maximum absolute atomic E-state index is 11.9. The van der Waals surface area contributed by atoms with Crippen LogP contribution >= 0.6 is 0 Å². The predicted octanol–water partition coefficient (Wildman–Crippen LogP) is 2.55. The Morgan fingerprint density at radius 1 is 1.17 bits per heavy atom. The average Bonchev–Trinajstić information content (AvgIpc) is 2.56. The number of ether oxygens (including phenoxy) is 1. The minimum atomic E-state index is -1.05. The summed E-state index contributed by atoms with van der Waals surface area (Å²) in [5.41, 5.74) is 3.32. The number of carbonyl (C=O) groups is 2. The van der Waals surface area contributed by atoms with Gasteiger partial charge in [0.15, 0.2) is 0 Å². The van der Waals surface area contributed by atoms with Crippen molar-refractivity contribution in [3.8, 4) is 5.75 Å². The lowest BCUT2D eigenvalue weighted by Gasteiger charge is -2.04. The number of carboxylic acids is 1. The molecule has 0 bridgehead atoms. The number of nitrogens with one attached hydrogen (secondary N) is 1. The van der Waals surface area contributed by atoms with Crippen LogP contribution in [0.25, 0.3) is 0 Å². The van der Waals surface area contributed by atoms with Crippen molar-refractivity contribution in [3.63, 3.8) is 0 Å². The molecule has 6 heteroatoms. The summed E-state index contributed by atoms with van der Waals surface area (Å²) < 4.78 is 5.30. The largest absolute Gasteiger partial charge is 0.494 e. The molecule has 0 aliphatic carbocycles. The molecule has 0 spiro atoms. The van der Waals surface area contributed by atoms with Crippen LogP contribution in [0.1, 0.15) is 33.2 Å². The Bertz CT molecular complexity index is 724. The van der Waals surface area contributed by atoms with E-state index in [0.717, 1.165) is 0 Å². The van der Waals surface area contributed by atoms with E-state index in [4.69, 9.17) is 9.84 Å². The van der Waals surface area contributed by atoms with E-state index in [1.807, 2.05) is 6.92 Å². The van der Waals surface area contributed by atoms with Gasteiger partial charge in [0.25, 0.3) is 5.91 Å². The molecule has 0 aliphatic heterocycles. The highest BCUT2D eigenvalue weighted by Crippen LogP contribution is 2.12. The summed E-state index contributed by atoms with van der Waals surface area (Å²) in [4.78, 5) is 23.0. The van der Waals surface area contributed by atoms with E-state index in [1.165, 1.54) is 12.3 Å². The van der Waals surface area contributed by atoms with Crippen molar-refractivity contribution >= 4 is 18.1 Å². The lowest BCUT2D eigenvalue weighted by atomic mass is 10.1. The third-order valence-corrected chi connectivity index (χ3v) is 2.99. The number of aromatic carboxylic acids is 1. The molecule has 0 heterocycles. The van der Waals surface area contributed by atoms with Gasteiger partial charge in [-0.15, -0.1) is 0 Å². The molecule has 0 aromatic heterocycles. The number of amides is 1. The highest BCUT2D eigenvalue weighted by molar-refractivity contribution is 5.99. The van der Waals surface area contributed by atoms with Crippen LogP contribution in [-0.4, -0.2) is 29.8 Å². The molecule has 2 aromatic carbocycles. The molecule has 0 atom stereocenters. The van der Waals surface area contributed by atoms with Gasteiger partial charge >= 0.3 is 5.97 Å². The zero-order valence-electron chi connectivity index (χ0n) is 12.5. The predicted molar refractivity (Wildman–Crippen MR) is 86.1 cm³/mol. The van der Waals surface area contributed by atoms with Crippen LogP contribution in [0.5, 0.6) is 5.75 Å². The normalized spacial score (nSPS) is 10.5. The SMILES string of the molecule is CCOc1ccc(C(=O)NN=Cc2ccccc2C(=O)O)cc1. The molecule has 1 amide bonds. The summed E-state index contributed by atoms with van der Waals surface area (Å²) in [6.07, 6.45) is 1.30. The highest BCUT2D eigenvalue weighted by Gasteiger charge is 2.07. The van der Waals surface area contributed by atoms with Crippen LogP contribution in [0.15, 0.2) is 53.6 Å². The Kier molecular flexibility index (Phi) is 5.46. The van der Waals surface area contributed by atoms with Crippen molar-refractivity contribution in [2.75, 3.05) is 6.61 Å². The zero-order valence-corrected chi connectivity index (χ0v) is 12.5. The fourth-order valence-electron chi connectivity index (χ4n) is 1.90. The van der Waals surface area contributed by atoms with Crippen LogP contribution in [0.2, 0.25) is 0 Å². The van der Waals surface area contributed by atoms with Gasteiger partial charge in [0.1, 0.15) is 5.75 Å². The van der Waals surface area contributed by atoms with Gasteiger partial charge in [0, 0.05) is 11.1 Å². The van der Waals surface area contributed by atoms with Gasteiger partial charge in [-0.05, 0) is 37.3 Å². The second kappa shape index (κ2) is 7.74. The maximum Gasteiger partial charge on any atom is 0.336 e. The molecular weight excluding hydrogens is 296 g/mol. The summed E-state index contributed by atoms with van der Waals surface area (Å²) >= 11 is 0. The zero-order chi connectivity index (χ0) is 16.7. The number of hydrazone groups is 1. The molecule has 118 valence electrons. The van der Waals surface area contributed by atoms with Crippen molar-refractivity contribution in [2.24, 2.45) is 5.10 Å². The summed E-state index contributed by atoms with van der Waals surface area (Å²) in [7, 11) is 0. The van der Waals surface area contributed by atoms with Gasteiger partial charge < -0.3 is 9.84 Å². The Morgan fingerprint density at radius 2 is 1.87 bits per heavy atom. The van der Waals surface area contributed by atoms with E-state index in [-0.39, 0.29) is 5.56 Å². The molecule has 0 aliphatic rings. The lowest BCUT2D eigenvalue weighted by molar-refractivity contribution is 0.0696. The molecule has 0 saturated heterocycles. The fraction of sp³-hybridized carbons (Fsp3) is 0.118. The van der Waals surface area contributed by atoms with Crippen molar-refractivity contribution in [3.05, 3.63) is 65.2 Å². The molecule has 2 N–H and O–H groups in total. The summed E-state index contributed by atoms with van der Waals surface area (Å²) in [6, 6.07) is 13.0. The molecule has 2 aromatic rings. The molecule has 2 rings (SSSR count). The minimum absolute atomic E-state index is 0.117. The number of hydrogen-bond donors (Lipinski definition) is 2. The van der Waals surface area contributed by atoms with E-state index in [1.54, 1.807) is 42.5 Å². The standard InChI is InChI=1S/C17H16N2O4/c1-2-23-14-9-7-12(8-10-14)16(20)19-18-11-13-5-3-4-6-15(13)17(21)22/h3-11H,2H2,1H3,(H,19,20)(H,21,22). The summed E-state index contributed by atoms with van der Waals surface area (Å²) in [5, 5.41) is 12.9. The first-order valence-electron chi connectivity index (χ1n) is 7.00. The first-order chi connectivity index (χ1) is 11.1. The lowest BCUT2D eigenvalue weighted by Crippen LogP contribution is -2.17. The van der Waals surface area contributed by atoms with Gasteiger partial charge in [0.2, 0.25) is 0 Å². The topological polar surface area (TPSA) is 88.0 Å². The smallest absolute Gasteiger partial charge is 0.336 e. The van der Waals surface area contributed by atoms with Gasteiger partial charge in [-0.25, -0.2) is 10.2 Å². The van der Waals surface area contributed by atoms with E-state index < -0.39 is 11.9 Å². The first kappa shape index (κ1) is 16.2. The molecule has 23 heavy (non-hydrogen) atoms. The van der Waals surface area contributed by atoms with E-state index in [0.29, 0.717) is 23.5 Å². The quantitative estimate of drug-likeness (QED) is 0.634. The molecule has 6 nitrogen and oxygen atoms in total. The second-order valence-electron chi connectivity index (χ2n) is 4.55. The third-order valence-electron chi connectivity index (χ3n) is 2.99. The molecule has 0 unspecified atom stereocenters. The molecular formula is C17H16N2O4. The van der Waals surface area contributed by atoms with Gasteiger partial charge in [-0.1, -0.05) is 18.2 Å². The van der Waals surface area contributed by atoms with Crippen LogP contribution in [0.4, 0.5) is 0 Å². The highest BCUT2D eigenvalue weighted by atomic mass is 16.5. The number of carbonyl (C=O) groups excluding carboxylic acids is 1. The maximum atomic E-state index is 11.9. The van der Waals surface area contributed by atoms with Crippen molar-refractivity contribution in [1.82, 2.24) is 5.43 Å². The Hall–Kier alpha value is -3.15. The van der Waals surface area contributed by atoms with E-state index in [2.05, 4.69) is 10.5 Å². The Morgan fingerprint density at radius 3 is 2.52 bits per heavy atom. The summed E-state index contributed by atoms with van der Waals surface area (Å²) in [5.74, 6) is -0.759. The molecule has 0 fully saturated rings. The van der Waals surface area contributed by atoms with Crippen LogP contribution in [0, 0.1) is 0 Å². The van der Waals surface area contributed by atoms with Crippen molar-refractivity contribution < 1.29 is 19.4 Å². The average molecular weight is 312 g/mol. The fourth-order valence-corrected chi connectivity index (χ4v) is 1.90. The number of carboxylic acid groups (broad SMARTS) is 1. The first-order valence-corrected chi connectivity index (χ1v) is 7.00. The van der Waals surface area contributed by atoms with Gasteiger partial charge in [0.05, 0.1) is 18.4 Å². The van der Waals surface area contributed by atoms with Crippen LogP contribution in [0.3, 0.4) is 0 Å². The number of nitrogens with zero attached hydrogens (tertiary/aromatic N) is 1. The van der Waals surface area contributed by atoms with E-state index in [9.17, 15) is 9.59 Å². The van der Waals surface area contributed by atoms with E-state index >= 15 is 0 Å². The number of benzene rings is 2. The number of rotatable bonds is 6. The monoisotopic (exact) mass is 312 g/mol. The van der Waals surface area contributed by atoms with Crippen LogP contribution < -0.4 is 10.2 Å². The third kappa shape index (κ3) is 4.41. The van der Waals surface area contributed by atoms with Crippen LogP contribution in [-0.2, 0) is 0 Å². The van der Waals surface area contributed by atoms with Crippen molar-refractivity contribution in [2.45, 2.75) is 6.92 Å².